The number of piperazine rings is 1. The Balaban J connectivity index is 0.000000892. The average molecular weight is 583 g/mol. The number of nitrogens with one attached hydrogen (secondary N) is 1. The van der Waals surface area contributed by atoms with E-state index in [-0.39, 0.29) is 35.5 Å². The van der Waals surface area contributed by atoms with Crippen molar-refractivity contribution < 1.29 is 34.8 Å². The lowest BCUT2D eigenvalue weighted by atomic mass is 9.98. The van der Waals surface area contributed by atoms with Gasteiger partial charge in [-0.25, -0.2) is 4.79 Å². The molecule has 0 aliphatic carbocycles. The summed E-state index contributed by atoms with van der Waals surface area (Å²) in [5.74, 6) is -0.981. The van der Waals surface area contributed by atoms with Crippen LogP contribution in [0.3, 0.4) is 0 Å². The van der Waals surface area contributed by atoms with Gasteiger partial charge in [0.1, 0.15) is 11.5 Å². The standard InChI is InChI=1S/C26H32N6O5.C3H6O2/c1-4-27-25(35)24-29-28-23(20-13-19(16(2)3)21(33)14-22(20)34)32(24)18-7-5-17(6-8-18)15-30-9-11-31(12-10-30)26(36)37;1-2-3(4)5/h5-8,13-14,16,33-34H,4,9-12,15H2,1-3H3,(H,27,35)(H,36,37);2H2,1H3,(H,4,5). The van der Waals surface area contributed by atoms with Crippen LogP contribution < -0.4 is 5.32 Å². The fourth-order valence-corrected chi connectivity index (χ4v) is 4.43. The van der Waals surface area contributed by atoms with Crippen LogP contribution in [0, 0.1) is 0 Å². The molecule has 42 heavy (non-hydrogen) atoms. The largest absolute Gasteiger partial charge is 0.508 e. The summed E-state index contributed by atoms with van der Waals surface area (Å²) in [6.07, 6.45) is -0.670. The molecule has 1 aliphatic heterocycles. The minimum Gasteiger partial charge on any atom is -0.508 e. The summed E-state index contributed by atoms with van der Waals surface area (Å²) in [6.45, 7) is 10.6. The van der Waals surface area contributed by atoms with Crippen LogP contribution in [0.25, 0.3) is 17.1 Å². The van der Waals surface area contributed by atoms with Gasteiger partial charge in [0.05, 0.1) is 5.56 Å². The lowest BCUT2D eigenvalue weighted by Gasteiger charge is -2.33. The van der Waals surface area contributed by atoms with Gasteiger partial charge in [-0.05, 0) is 42.2 Å². The lowest BCUT2D eigenvalue weighted by Crippen LogP contribution is -2.47. The van der Waals surface area contributed by atoms with E-state index in [1.165, 1.54) is 11.0 Å². The van der Waals surface area contributed by atoms with Gasteiger partial charge in [0.2, 0.25) is 5.82 Å². The number of phenolic OH excluding ortho intramolecular Hbond substituents is 2. The number of phenols is 2. The maximum atomic E-state index is 12.8. The SMILES string of the molecule is CCC(=O)O.CCNC(=O)c1nnc(-c2cc(C(C)C)c(O)cc2O)n1-c1ccc(CN2CCN(C(=O)O)CC2)cc1. The number of benzene rings is 2. The number of hydrogen-bond acceptors (Lipinski definition) is 8. The Morgan fingerprint density at radius 3 is 2.07 bits per heavy atom. The van der Waals surface area contributed by atoms with E-state index in [1.54, 1.807) is 17.6 Å². The van der Waals surface area contributed by atoms with Gasteiger partial charge < -0.3 is 30.6 Å². The first-order chi connectivity index (χ1) is 20.0. The number of aromatic hydroxyl groups is 2. The third-order valence-corrected chi connectivity index (χ3v) is 6.76. The molecule has 4 rings (SSSR count). The first kappa shape index (κ1) is 31.9. The number of aromatic nitrogens is 3. The van der Waals surface area contributed by atoms with Crippen molar-refractivity contribution in [2.75, 3.05) is 32.7 Å². The highest BCUT2D eigenvalue weighted by atomic mass is 16.4. The van der Waals surface area contributed by atoms with Crippen molar-refractivity contribution in [2.24, 2.45) is 0 Å². The first-order valence-corrected chi connectivity index (χ1v) is 13.8. The number of carboxylic acids is 1. The molecule has 5 N–H and O–H groups in total. The van der Waals surface area contributed by atoms with Crippen molar-refractivity contribution in [1.29, 1.82) is 0 Å². The summed E-state index contributed by atoms with van der Waals surface area (Å²) in [4.78, 5) is 36.9. The van der Waals surface area contributed by atoms with Crippen LogP contribution >= 0.6 is 0 Å². The zero-order valence-corrected chi connectivity index (χ0v) is 24.2. The molecule has 0 spiro atoms. The van der Waals surface area contributed by atoms with Crippen molar-refractivity contribution in [3.8, 4) is 28.6 Å². The van der Waals surface area contributed by atoms with E-state index in [0.717, 1.165) is 5.56 Å². The molecule has 3 aromatic rings. The smallest absolute Gasteiger partial charge is 0.407 e. The highest BCUT2D eigenvalue weighted by Gasteiger charge is 2.25. The maximum Gasteiger partial charge on any atom is 0.407 e. The van der Waals surface area contributed by atoms with Gasteiger partial charge in [0, 0.05) is 57.4 Å². The van der Waals surface area contributed by atoms with Crippen molar-refractivity contribution in [2.45, 2.75) is 46.6 Å². The monoisotopic (exact) mass is 582 g/mol. The van der Waals surface area contributed by atoms with Crippen LogP contribution in [0.2, 0.25) is 0 Å². The molecule has 2 heterocycles. The van der Waals surface area contributed by atoms with E-state index in [9.17, 15) is 24.6 Å². The van der Waals surface area contributed by atoms with Gasteiger partial charge in [-0.15, -0.1) is 10.2 Å². The number of amides is 2. The second-order valence-corrected chi connectivity index (χ2v) is 10.1. The third kappa shape index (κ3) is 7.75. The molecule has 1 aromatic heterocycles. The quantitative estimate of drug-likeness (QED) is 0.264. The van der Waals surface area contributed by atoms with Crippen molar-refractivity contribution in [1.82, 2.24) is 29.9 Å². The Morgan fingerprint density at radius 1 is 0.929 bits per heavy atom. The van der Waals surface area contributed by atoms with E-state index in [4.69, 9.17) is 10.2 Å². The number of carbonyl (C=O) groups is 3. The molecule has 0 atom stereocenters. The number of rotatable bonds is 8. The lowest BCUT2D eigenvalue weighted by molar-refractivity contribution is -0.136. The molecule has 13 heteroatoms. The summed E-state index contributed by atoms with van der Waals surface area (Å²) in [5.41, 5.74) is 2.67. The predicted molar refractivity (Wildman–Crippen MR) is 155 cm³/mol. The van der Waals surface area contributed by atoms with E-state index < -0.39 is 18.0 Å². The van der Waals surface area contributed by atoms with Crippen molar-refractivity contribution in [3.63, 3.8) is 0 Å². The summed E-state index contributed by atoms with van der Waals surface area (Å²) >= 11 is 0. The number of carbonyl (C=O) groups excluding carboxylic acids is 1. The Kier molecular flexibility index (Phi) is 10.9. The van der Waals surface area contributed by atoms with Gasteiger partial charge in [0.25, 0.3) is 5.91 Å². The fraction of sp³-hybridized carbons (Fsp3) is 0.414. The predicted octanol–water partition coefficient (Wildman–Crippen LogP) is 3.50. The van der Waals surface area contributed by atoms with Gasteiger partial charge in [-0.1, -0.05) is 32.9 Å². The number of carboxylic acid groups (broad SMARTS) is 2. The molecule has 13 nitrogen and oxygen atoms in total. The summed E-state index contributed by atoms with van der Waals surface area (Å²) in [6, 6.07) is 10.6. The molecule has 2 aromatic carbocycles. The molecule has 1 aliphatic rings. The van der Waals surface area contributed by atoms with Crippen LogP contribution in [0.15, 0.2) is 36.4 Å². The number of aliphatic carboxylic acids is 1. The Morgan fingerprint density at radius 2 is 1.55 bits per heavy atom. The van der Waals surface area contributed by atoms with E-state index in [2.05, 4.69) is 20.4 Å². The molecular weight excluding hydrogens is 544 g/mol. The zero-order valence-electron chi connectivity index (χ0n) is 24.2. The minimum atomic E-state index is -0.892. The van der Waals surface area contributed by atoms with Gasteiger partial charge in [0.15, 0.2) is 5.82 Å². The fourth-order valence-electron chi connectivity index (χ4n) is 4.43. The Bertz CT molecular complexity index is 1400. The minimum absolute atomic E-state index is 0.00442. The summed E-state index contributed by atoms with van der Waals surface area (Å²) in [5, 5.41) is 48.9. The van der Waals surface area contributed by atoms with Gasteiger partial charge in [-0.3, -0.25) is 19.1 Å². The van der Waals surface area contributed by atoms with E-state index in [1.807, 2.05) is 45.0 Å². The molecule has 0 bridgehead atoms. The molecule has 1 saturated heterocycles. The average Bonchev–Trinajstić information content (AvgIpc) is 3.39. The van der Waals surface area contributed by atoms with Gasteiger partial charge in [-0.2, -0.15) is 0 Å². The molecular formula is C29H38N6O7. The molecule has 0 radical (unpaired) electrons. The summed E-state index contributed by atoms with van der Waals surface area (Å²) in [7, 11) is 0. The molecule has 226 valence electrons. The topological polar surface area (TPSA) is 181 Å². The third-order valence-electron chi connectivity index (χ3n) is 6.76. The van der Waals surface area contributed by atoms with E-state index >= 15 is 0 Å². The first-order valence-electron chi connectivity index (χ1n) is 13.8. The number of hydrogen-bond donors (Lipinski definition) is 5. The normalized spacial score (nSPS) is 13.4. The van der Waals surface area contributed by atoms with Crippen LogP contribution in [0.5, 0.6) is 11.5 Å². The zero-order chi connectivity index (χ0) is 31.0. The number of nitrogens with zero attached hydrogens (tertiary/aromatic N) is 5. The van der Waals surface area contributed by atoms with E-state index in [0.29, 0.717) is 56.1 Å². The van der Waals surface area contributed by atoms with Crippen molar-refractivity contribution in [3.05, 3.63) is 53.3 Å². The summed E-state index contributed by atoms with van der Waals surface area (Å²) < 4.78 is 1.59. The van der Waals surface area contributed by atoms with Gasteiger partial charge >= 0.3 is 12.1 Å². The Hall–Kier alpha value is -4.65. The maximum absolute atomic E-state index is 12.8. The van der Waals surface area contributed by atoms with Crippen LogP contribution in [0.1, 0.15) is 61.8 Å². The van der Waals surface area contributed by atoms with Crippen LogP contribution in [-0.4, -0.2) is 95.7 Å². The van der Waals surface area contributed by atoms with Crippen LogP contribution in [-0.2, 0) is 11.3 Å². The Labute approximate surface area is 244 Å². The second-order valence-electron chi connectivity index (χ2n) is 10.1. The molecule has 0 saturated carbocycles. The highest BCUT2D eigenvalue weighted by molar-refractivity contribution is 5.92. The highest BCUT2D eigenvalue weighted by Crippen LogP contribution is 2.38. The van der Waals surface area contributed by atoms with Crippen molar-refractivity contribution >= 4 is 18.0 Å². The van der Waals surface area contributed by atoms with Crippen LogP contribution in [0.4, 0.5) is 4.79 Å². The molecule has 0 unspecified atom stereocenters. The molecule has 2 amide bonds. The second kappa shape index (κ2) is 14.3. The molecule has 1 fully saturated rings.